The third-order valence-electron chi connectivity index (χ3n) is 4.14. The first-order valence-corrected chi connectivity index (χ1v) is 7.41. The summed E-state index contributed by atoms with van der Waals surface area (Å²) in [5.74, 6) is -3.75. The Hall–Kier alpha value is 1.85. The molecular formula is C13H18K2O13. The first kappa shape index (κ1) is 29.9. The van der Waals surface area contributed by atoms with Crippen LogP contribution in [0.4, 0.5) is 0 Å². The second-order valence-electron chi connectivity index (χ2n) is 5.77. The summed E-state index contributed by atoms with van der Waals surface area (Å²) in [5, 5.41) is 71.1. The molecule has 15 heteroatoms. The molecule has 0 aromatic heterocycles. The van der Waals surface area contributed by atoms with Crippen molar-refractivity contribution in [3.8, 4) is 0 Å². The number of aliphatic carboxylic acids is 2. The maximum atomic E-state index is 11.1. The maximum Gasteiger partial charge on any atom is 1.00 e. The van der Waals surface area contributed by atoms with Crippen LogP contribution in [0.1, 0.15) is 0 Å². The van der Waals surface area contributed by atoms with E-state index in [-0.39, 0.29) is 103 Å². The third-order valence-corrected chi connectivity index (χ3v) is 4.14. The number of carbonyl (C=O) groups is 2. The minimum atomic E-state index is -2.10. The molecule has 5 N–H and O–H groups in total. The van der Waals surface area contributed by atoms with E-state index in [4.69, 9.17) is 14.2 Å². The fourth-order valence-corrected chi connectivity index (χ4v) is 2.75. The van der Waals surface area contributed by atoms with Crippen LogP contribution in [0.3, 0.4) is 0 Å². The van der Waals surface area contributed by atoms with Gasteiger partial charge in [-0.05, 0) is 0 Å². The Morgan fingerprint density at radius 2 is 1.25 bits per heavy atom. The van der Waals surface area contributed by atoms with Gasteiger partial charge < -0.3 is 64.3 Å². The molecule has 2 aliphatic heterocycles. The number of aliphatic hydroxyl groups excluding tert-OH is 5. The Bertz CT molecular complexity index is 537. The summed E-state index contributed by atoms with van der Waals surface area (Å²) in [6, 6.07) is 0. The number of methoxy groups -OCH3 is 1. The average Bonchev–Trinajstić information content (AvgIpc) is 2.58. The number of carboxylic acids is 2. The number of hydrogen-bond acceptors (Lipinski definition) is 13. The predicted octanol–water partition coefficient (Wildman–Crippen LogP) is -13.2. The van der Waals surface area contributed by atoms with E-state index in [1.54, 1.807) is 0 Å². The van der Waals surface area contributed by atoms with Gasteiger partial charge in [0.15, 0.2) is 12.6 Å². The first-order chi connectivity index (χ1) is 12.1. The minimum Gasteiger partial charge on any atom is -0.547 e. The minimum absolute atomic E-state index is 0. The summed E-state index contributed by atoms with van der Waals surface area (Å²) in [6.07, 6.45) is -19.3. The van der Waals surface area contributed by atoms with Crippen LogP contribution < -0.4 is 113 Å². The zero-order valence-corrected chi connectivity index (χ0v) is 21.5. The van der Waals surface area contributed by atoms with Crippen molar-refractivity contribution in [1.82, 2.24) is 0 Å². The predicted molar refractivity (Wildman–Crippen MR) is 69.3 cm³/mol. The maximum absolute atomic E-state index is 11.1. The van der Waals surface area contributed by atoms with Crippen LogP contribution in [-0.2, 0) is 28.5 Å². The van der Waals surface area contributed by atoms with Gasteiger partial charge in [-0.15, -0.1) is 0 Å². The quantitative estimate of drug-likeness (QED) is 0.241. The van der Waals surface area contributed by atoms with E-state index in [1.807, 2.05) is 0 Å². The molecule has 2 heterocycles. The molecule has 28 heavy (non-hydrogen) atoms. The molecule has 0 spiro atoms. The van der Waals surface area contributed by atoms with Crippen molar-refractivity contribution in [1.29, 1.82) is 0 Å². The molecule has 0 aromatic carbocycles. The van der Waals surface area contributed by atoms with Crippen molar-refractivity contribution in [3.63, 3.8) is 0 Å². The molecule has 13 nitrogen and oxygen atoms in total. The van der Waals surface area contributed by atoms with Gasteiger partial charge in [-0.1, -0.05) is 0 Å². The Labute approximate surface area is 243 Å². The van der Waals surface area contributed by atoms with Gasteiger partial charge in [0, 0.05) is 7.11 Å². The largest absolute Gasteiger partial charge is 1.00 e. The molecule has 0 aliphatic carbocycles. The van der Waals surface area contributed by atoms with Gasteiger partial charge in [0.1, 0.15) is 48.8 Å². The average molecular weight is 460 g/mol. The monoisotopic (exact) mass is 460 g/mol. The number of carbonyl (C=O) groups excluding carboxylic acids is 2. The molecule has 2 saturated heterocycles. The molecular weight excluding hydrogens is 442 g/mol. The van der Waals surface area contributed by atoms with Crippen molar-refractivity contribution in [2.24, 2.45) is 0 Å². The molecule has 0 aromatic rings. The van der Waals surface area contributed by atoms with E-state index >= 15 is 0 Å². The zero-order chi connectivity index (χ0) is 19.8. The van der Waals surface area contributed by atoms with Gasteiger partial charge in [0.25, 0.3) is 0 Å². The molecule has 2 aliphatic rings. The van der Waals surface area contributed by atoms with E-state index in [2.05, 4.69) is 4.74 Å². The van der Waals surface area contributed by atoms with Gasteiger partial charge >= 0.3 is 103 Å². The topological polar surface area (TPSA) is 218 Å². The van der Waals surface area contributed by atoms with Crippen LogP contribution in [0.2, 0.25) is 0 Å². The van der Waals surface area contributed by atoms with Crippen LogP contribution >= 0.6 is 0 Å². The number of ether oxygens (including phenoxy) is 4. The molecule has 0 saturated carbocycles. The van der Waals surface area contributed by atoms with Gasteiger partial charge in [0.2, 0.25) is 0 Å². The molecule has 0 radical (unpaired) electrons. The van der Waals surface area contributed by atoms with E-state index in [9.17, 15) is 45.3 Å². The van der Waals surface area contributed by atoms with Crippen molar-refractivity contribution in [2.45, 2.75) is 61.4 Å². The molecule has 150 valence electrons. The van der Waals surface area contributed by atoms with Gasteiger partial charge in [-0.25, -0.2) is 0 Å². The fraction of sp³-hybridized carbons (Fsp3) is 0.846. The van der Waals surface area contributed by atoms with Gasteiger partial charge in [-0.3, -0.25) is 0 Å². The van der Waals surface area contributed by atoms with Crippen LogP contribution in [0.15, 0.2) is 0 Å². The Morgan fingerprint density at radius 1 is 0.786 bits per heavy atom. The summed E-state index contributed by atoms with van der Waals surface area (Å²) in [4.78, 5) is 22.3. The summed E-state index contributed by atoms with van der Waals surface area (Å²) >= 11 is 0. The van der Waals surface area contributed by atoms with Crippen molar-refractivity contribution >= 4 is 11.9 Å². The summed E-state index contributed by atoms with van der Waals surface area (Å²) in [6.45, 7) is 0. The van der Waals surface area contributed by atoms with E-state index in [0.29, 0.717) is 0 Å². The number of aliphatic hydroxyl groups is 5. The number of rotatable bonds is 5. The SMILES string of the molecule is CO[C@H]1[C@H](O)[C@H](O)[C@H](O[C@H]2[C@H](O)[C@H](O)[C@H](O)O[C@@H]2C(=O)[O-])O[C@H]1C(=O)[O-].[K+].[K+]. The molecule has 0 bridgehead atoms. The van der Waals surface area contributed by atoms with Gasteiger partial charge in [0.05, 0.1) is 11.9 Å². The first-order valence-electron chi connectivity index (χ1n) is 7.41. The second kappa shape index (κ2) is 12.8. The standard InChI is InChI=1S/C13H20O13.2K/c1-23-6-3(15)5(17)13(26-8(6)10(18)19)25-7-2(14)4(16)12(22)24-9(7)11(20)21;;/h2-9,12-17,22H,1H3,(H,18,19)(H,20,21);;/q;2*+1/p-2/t2-,3-,4+,5+,6+,7+,8-,9+,12-,13-;;/m1../s1. The van der Waals surface area contributed by atoms with Gasteiger partial charge in [-0.2, -0.15) is 0 Å². The Kier molecular flexibility index (Phi) is 13.6. The van der Waals surface area contributed by atoms with Crippen molar-refractivity contribution < 1.29 is 167 Å². The molecule has 0 amide bonds. The van der Waals surface area contributed by atoms with E-state index in [1.165, 1.54) is 0 Å². The summed E-state index contributed by atoms with van der Waals surface area (Å²) in [5.41, 5.74) is 0. The van der Waals surface area contributed by atoms with E-state index in [0.717, 1.165) is 7.11 Å². The number of carboxylic acid groups (broad SMARTS) is 2. The van der Waals surface area contributed by atoms with Crippen LogP contribution in [0.25, 0.3) is 0 Å². The normalized spacial score (nSPS) is 43.4. The summed E-state index contributed by atoms with van der Waals surface area (Å²) in [7, 11) is 1.05. The van der Waals surface area contributed by atoms with Crippen LogP contribution in [0, 0.1) is 0 Å². The fourth-order valence-electron chi connectivity index (χ4n) is 2.75. The molecule has 2 fully saturated rings. The Morgan fingerprint density at radius 3 is 1.71 bits per heavy atom. The molecule has 2 rings (SSSR count). The van der Waals surface area contributed by atoms with E-state index < -0.39 is 73.4 Å². The zero-order valence-electron chi connectivity index (χ0n) is 15.3. The Balaban J connectivity index is 0.00000364. The third kappa shape index (κ3) is 6.44. The molecule has 0 unspecified atom stereocenters. The van der Waals surface area contributed by atoms with Crippen LogP contribution in [0.5, 0.6) is 0 Å². The second-order valence-corrected chi connectivity index (χ2v) is 5.77. The van der Waals surface area contributed by atoms with Crippen molar-refractivity contribution in [2.75, 3.05) is 7.11 Å². The van der Waals surface area contributed by atoms with Crippen LogP contribution in [-0.4, -0.2) is 106 Å². The molecule has 10 atom stereocenters. The smallest absolute Gasteiger partial charge is 0.547 e. The summed E-state index contributed by atoms with van der Waals surface area (Å²) < 4.78 is 19.3. The number of hydrogen-bond donors (Lipinski definition) is 5. The van der Waals surface area contributed by atoms with Crippen molar-refractivity contribution in [3.05, 3.63) is 0 Å².